The molecule has 5 rings (SSSR count). The largest absolute Gasteiger partial charge is 0.371 e. The molecule has 0 aliphatic carbocycles. The molecule has 0 radical (unpaired) electrons. The number of benzene rings is 2. The Labute approximate surface area is 194 Å². The van der Waals surface area contributed by atoms with Crippen molar-refractivity contribution in [2.45, 2.75) is 51.7 Å². The van der Waals surface area contributed by atoms with Gasteiger partial charge in [0.25, 0.3) is 0 Å². The Morgan fingerprint density at radius 2 is 1.91 bits per heavy atom. The predicted molar refractivity (Wildman–Crippen MR) is 131 cm³/mol. The molecule has 2 aromatic carbocycles. The first kappa shape index (κ1) is 21.7. The standard InChI is InChI=1S/C28H30N2O3/c1-19-15-22(24-6-4-3-5-21(24)8-7-20(2)31)9-10-26(19)30-13-11-28(12-14-30)25-16-27(32)29-17-23(25)18-33-28/h3-6,9-10,15-17H,7-8,11-14,18H2,1-2H3,(H,29,32). The molecule has 1 spiro atoms. The van der Waals surface area contributed by atoms with Crippen LogP contribution >= 0.6 is 0 Å². The fourth-order valence-corrected chi connectivity index (χ4v) is 5.37. The number of hydrogen-bond donors (Lipinski definition) is 1. The lowest BCUT2D eigenvalue weighted by atomic mass is 9.84. The van der Waals surface area contributed by atoms with Gasteiger partial charge in [0.15, 0.2) is 0 Å². The molecule has 0 unspecified atom stereocenters. The molecular formula is C28H30N2O3. The van der Waals surface area contributed by atoms with Crippen LogP contribution < -0.4 is 10.5 Å². The van der Waals surface area contributed by atoms with E-state index in [4.69, 9.17) is 4.74 Å². The van der Waals surface area contributed by atoms with Crippen molar-refractivity contribution in [2.75, 3.05) is 18.0 Å². The number of pyridine rings is 1. The number of ketones is 1. The zero-order valence-corrected chi connectivity index (χ0v) is 19.3. The van der Waals surface area contributed by atoms with E-state index >= 15 is 0 Å². The van der Waals surface area contributed by atoms with Crippen LogP contribution in [-0.2, 0) is 28.2 Å². The number of anilines is 1. The molecule has 0 atom stereocenters. The Kier molecular flexibility index (Phi) is 5.67. The van der Waals surface area contributed by atoms with E-state index in [-0.39, 0.29) is 16.9 Å². The Hall–Kier alpha value is -3.18. The van der Waals surface area contributed by atoms with E-state index in [1.807, 2.05) is 6.07 Å². The van der Waals surface area contributed by atoms with Gasteiger partial charge in [0.1, 0.15) is 5.78 Å². The maximum Gasteiger partial charge on any atom is 0.248 e. The Balaban J connectivity index is 1.35. The number of aryl methyl sites for hydroxylation is 2. The zero-order chi connectivity index (χ0) is 23.0. The molecular weight excluding hydrogens is 412 g/mol. The topological polar surface area (TPSA) is 62.4 Å². The molecule has 3 aromatic rings. The van der Waals surface area contributed by atoms with E-state index in [0.29, 0.717) is 13.0 Å². The number of ether oxygens (including phenoxy) is 1. The highest BCUT2D eigenvalue weighted by atomic mass is 16.5. The van der Waals surface area contributed by atoms with E-state index in [1.165, 1.54) is 27.9 Å². The Bertz CT molecular complexity index is 1250. The smallest absolute Gasteiger partial charge is 0.248 e. The molecule has 1 N–H and O–H groups in total. The first-order chi connectivity index (χ1) is 15.9. The second-order valence-corrected chi connectivity index (χ2v) is 9.37. The predicted octanol–water partition coefficient (Wildman–Crippen LogP) is 4.90. The number of piperidine rings is 1. The number of nitrogens with one attached hydrogen (secondary N) is 1. The first-order valence-corrected chi connectivity index (χ1v) is 11.7. The monoisotopic (exact) mass is 442 g/mol. The van der Waals surface area contributed by atoms with Gasteiger partial charge in [0.05, 0.1) is 12.2 Å². The van der Waals surface area contributed by atoms with Crippen LogP contribution in [0.5, 0.6) is 0 Å². The van der Waals surface area contributed by atoms with E-state index in [2.05, 4.69) is 53.2 Å². The summed E-state index contributed by atoms with van der Waals surface area (Å²) in [6.07, 6.45) is 4.89. The van der Waals surface area contributed by atoms with Crippen molar-refractivity contribution in [3.8, 4) is 11.1 Å². The quantitative estimate of drug-likeness (QED) is 0.611. The summed E-state index contributed by atoms with van der Waals surface area (Å²) < 4.78 is 6.24. The molecule has 170 valence electrons. The number of fused-ring (bicyclic) bond motifs is 2. The van der Waals surface area contributed by atoms with Gasteiger partial charge >= 0.3 is 0 Å². The summed E-state index contributed by atoms with van der Waals surface area (Å²) in [6.45, 7) is 6.17. The van der Waals surface area contributed by atoms with Gasteiger partial charge in [-0.25, -0.2) is 0 Å². The summed E-state index contributed by atoms with van der Waals surface area (Å²) >= 11 is 0. The van der Waals surface area contributed by atoms with E-state index < -0.39 is 0 Å². The van der Waals surface area contributed by atoms with Gasteiger partial charge in [-0.15, -0.1) is 0 Å². The molecule has 0 bridgehead atoms. The van der Waals surface area contributed by atoms with Gasteiger partial charge < -0.3 is 19.4 Å². The van der Waals surface area contributed by atoms with E-state index in [9.17, 15) is 9.59 Å². The summed E-state index contributed by atoms with van der Waals surface area (Å²) in [6, 6.07) is 16.8. The Morgan fingerprint density at radius 3 is 2.67 bits per heavy atom. The van der Waals surface area contributed by atoms with Crippen LogP contribution in [0.4, 0.5) is 5.69 Å². The highest BCUT2D eigenvalue weighted by Gasteiger charge is 2.43. The van der Waals surface area contributed by atoms with Crippen LogP contribution in [0, 0.1) is 6.92 Å². The van der Waals surface area contributed by atoms with Gasteiger partial charge in [-0.1, -0.05) is 30.3 Å². The fourth-order valence-electron chi connectivity index (χ4n) is 5.37. The SMILES string of the molecule is CC(=O)CCc1ccccc1-c1ccc(N2CCC3(CC2)OCc2c[nH]c(=O)cc23)c(C)c1. The average Bonchev–Trinajstić information content (AvgIpc) is 3.16. The minimum absolute atomic E-state index is 0.0592. The normalized spacial score (nSPS) is 16.7. The Morgan fingerprint density at radius 1 is 1.12 bits per heavy atom. The maximum atomic E-state index is 11.9. The van der Waals surface area contributed by atoms with Crippen molar-refractivity contribution in [1.82, 2.24) is 4.98 Å². The third-order valence-electron chi connectivity index (χ3n) is 7.19. The summed E-state index contributed by atoms with van der Waals surface area (Å²) in [7, 11) is 0. The van der Waals surface area contributed by atoms with Crippen molar-refractivity contribution in [1.29, 1.82) is 0 Å². The maximum absolute atomic E-state index is 11.9. The number of aromatic nitrogens is 1. The molecule has 0 amide bonds. The molecule has 2 aliphatic heterocycles. The summed E-state index contributed by atoms with van der Waals surface area (Å²) in [4.78, 5) is 28.6. The molecule has 1 aromatic heterocycles. The van der Waals surface area contributed by atoms with Gasteiger partial charge in [-0.05, 0) is 73.1 Å². The van der Waals surface area contributed by atoms with Gasteiger partial charge in [-0.3, -0.25) is 4.79 Å². The highest BCUT2D eigenvalue weighted by Crippen LogP contribution is 2.44. The summed E-state index contributed by atoms with van der Waals surface area (Å²) in [5.41, 5.74) is 7.88. The minimum atomic E-state index is -0.330. The minimum Gasteiger partial charge on any atom is -0.371 e. The summed E-state index contributed by atoms with van der Waals surface area (Å²) in [5, 5.41) is 0. The molecule has 3 heterocycles. The molecule has 5 heteroatoms. The third kappa shape index (κ3) is 4.13. The van der Waals surface area contributed by atoms with Gasteiger partial charge in [-0.2, -0.15) is 0 Å². The molecule has 5 nitrogen and oxygen atoms in total. The second kappa shape index (κ2) is 8.64. The number of carbonyl (C=O) groups excluding carboxylic acids is 1. The first-order valence-electron chi connectivity index (χ1n) is 11.7. The second-order valence-electron chi connectivity index (χ2n) is 9.37. The molecule has 33 heavy (non-hydrogen) atoms. The van der Waals surface area contributed by atoms with E-state index in [0.717, 1.165) is 43.5 Å². The number of H-pyrrole nitrogens is 1. The molecule has 2 aliphatic rings. The molecule has 1 saturated heterocycles. The van der Waals surface area contributed by atoms with Crippen LogP contribution in [0.15, 0.2) is 59.5 Å². The van der Waals surface area contributed by atoms with E-state index in [1.54, 1.807) is 19.2 Å². The molecule has 1 fully saturated rings. The van der Waals surface area contributed by atoms with Crippen molar-refractivity contribution in [3.05, 3.63) is 87.3 Å². The van der Waals surface area contributed by atoms with Crippen LogP contribution in [0.3, 0.4) is 0 Å². The van der Waals surface area contributed by atoms with Crippen molar-refractivity contribution in [2.24, 2.45) is 0 Å². The third-order valence-corrected chi connectivity index (χ3v) is 7.19. The lowest BCUT2D eigenvalue weighted by Crippen LogP contribution is -2.43. The van der Waals surface area contributed by atoms with Crippen molar-refractivity contribution >= 4 is 11.5 Å². The number of rotatable bonds is 5. The van der Waals surface area contributed by atoms with Crippen LogP contribution in [0.25, 0.3) is 11.1 Å². The van der Waals surface area contributed by atoms with Gasteiger partial charge in [0, 0.05) is 43.0 Å². The van der Waals surface area contributed by atoms with Gasteiger partial charge in [0.2, 0.25) is 5.56 Å². The number of Topliss-reactive ketones (excluding diaryl/α,β-unsaturated/α-hetero) is 1. The summed E-state index contributed by atoms with van der Waals surface area (Å²) in [5.74, 6) is 0.220. The van der Waals surface area contributed by atoms with Crippen LogP contribution in [-0.4, -0.2) is 23.9 Å². The van der Waals surface area contributed by atoms with Crippen LogP contribution in [0.1, 0.15) is 48.4 Å². The number of hydrogen-bond acceptors (Lipinski definition) is 4. The number of nitrogens with zero attached hydrogens (tertiary/aromatic N) is 1. The zero-order valence-electron chi connectivity index (χ0n) is 19.3. The van der Waals surface area contributed by atoms with Crippen LogP contribution in [0.2, 0.25) is 0 Å². The number of carbonyl (C=O) groups is 1. The van der Waals surface area contributed by atoms with Crippen molar-refractivity contribution in [3.63, 3.8) is 0 Å². The molecule has 0 saturated carbocycles. The lowest BCUT2D eigenvalue weighted by Gasteiger charge is -2.40. The fraction of sp³-hybridized carbons (Fsp3) is 0.357. The average molecular weight is 443 g/mol. The van der Waals surface area contributed by atoms with Crippen molar-refractivity contribution < 1.29 is 9.53 Å². The lowest BCUT2D eigenvalue weighted by molar-refractivity contribution is -0.116. The number of aromatic amines is 1. The highest BCUT2D eigenvalue weighted by molar-refractivity contribution is 5.77.